The monoisotopic (exact) mass is 283 g/mol. The molecule has 0 fully saturated rings. The quantitative estimate of drug-likeness (QED) is 0.513. The number of anilines is 1. The fourth-order valence-electron chi connectivity index (χ4n) is 1.81. The predicted molar refractivity (Wildman–Crippen MR) is 89.3 cm³/mol. The van der Waals surface area contributed by atoms with Crippen LogP contribution in [0.3, 0.4) is 0 Å². The molecule has 0 spiro atoms. The van der Waals surface area contributed by atoms with Gasteiger partial charge in [0.25, 0.3) is 0 Å². The van der Waals surface area contributed by atoms with Gasteiger partial charge in [-0.1, -0.05) is 42.0 Å². The Morgan fingerprint density at radius 2 is 1.85 bits per heavy atom. The van der Waals surface area contributed by atoms with Crippen LogP contribution in [0.5, 0.6) is 0 Å². The second kappa shape index (κ2) is 6.82. The Labute approximate surface area is 124 Å². The molecule has 2 rings (SSSR count). The molecule has 102 valence electrons. The molecule has 0 atom stereocenters. The van der Waals surface area contributed by atoms with Crippen LogP contribution in [-0.2, 0) is 0 Å². The molecule has 0 amide bonds. The van der Waals surface area contributed by atoms with Crippen molar-refractivity contribution in [2.75, 3.05) is 5.32 Å². The number of thiocarbonyl (C=S) groups is 1. The van der Waals surface area contributed by atoms with Crippen molar-refractivity contribution >= 4 is 29.2 Å². The molecule has 0 aliphatic heterocycles. The number of rotatable bonds is 3. The summed E-state index contributed by atoms with van der Waals surface area (Å²) in [5.74, 6) is 0. The molecule has 0 aromatic heterocycles. The summed E-state index contributed by atoms with van der Waals surface area (Å²) in [6.07, 6.45) is 1.77. The van der Waals surface area contributed by atoms with Crippen molar-refractivity contribution < 1.29 is 0 Å². The molecular weight excluding hydrogens is 266 g/mol. The van der Waals surface area contributed by atoms with Gasteiger partial charge in [0, 0.05) is 5.69 Å². The molecular formula is C16H17N3S. The molecule has 3 nitrogen and oxygen atoms in total. The Bertz CT molecular complexity index is 621. The number of nitrogens with zero attached hydrogens (tertiary/aromatic N) is 1. The lowest BCUT2D eigenvalue weighted by Crippen LogP contribution is -2.23. The standard InChI is InChI=1S/C16H17N3S/c1-12-8-9-14(13(2)10-12)11-17-19-16(20)18-15-6-4-3-5-7-15/h3-11H,1-2H3,(H2,18,19,20)/b17-11-. The van der Waals surface area contributed by atoms with Gasteiger partial charge in [-0.2, -0.15) is 5.10 Å². The highest BCUT2D eigenvalue weighted by atomic mass is 32.1. The normalized spacial score (nSPS) is 10.5. The predicted octanol–water partition coefficient (Wildman–Crippen LogP) is 3.62. The molecule has 2 aromatic carbocycles. The third-order valence-electron chi connectivity index (χ3n) is 2.83. The molecule has 0 radical (unpaired) electrons. The number of hydrogen-bond donors (Lipinski definition) is 2. The highest BCUT2D eigenvalue weighted by Gasteiger charge is 1.96. The van der Waals surface area contributed by atoms with Crippen LogP contribution in [0.25, 0.3) is 0 Å². The molecule has 0 bridgehead atoms. The first kappa shape index (κ1) is 14.2. The summed E-state index contributed by atoms with van der Waals surface area (Å²) in [6, 6.07) is 16.0. The van der Waals surface area contributed by atoms with Gasteiger partial charge in [-0.15, -0.1) is 0 Å². The zero-order valence-electron chi connectivity index (χ0n) is 11.6. The van der Waals surface area contributed by atoms with Crippen molar-refractivity contribution in [3.63, 3.8) is 0 Å². The number of nitrogens with one attached hydrogen (secondary N) is 2. The first-order valence-electron chi connectivity index (χ1n) is 6.37. The molecule has 0 aliphatic rings. The van der Waals surface area contributed by atoms with E-state index in [0.29, 0.717) is 5.11 Å². The van der Waals surface area contributed by atoms with Crippen molar-refractivity contribution in [3.8, 4) is 0 Å². The fraction of sp³-hybridized carbons (Fsp3) is 0.125. The minimum Gasteiger partial charge on any atom is -0.331 e. The van der Waals surface area contributed by atoms with Crippen LogP contribution in [0, 0.1) is 13.8 Å². The van der Waals surface area contributed by atoms with Crippen molar-refractivity contribution in [1.82, 2.24) is 5.43 Å². The van der Waals surface area contributed by atoms with Crippen LogP contribution < -0.4 is 10.7 Å². The topological polar surface area (TPSA) is 36.4 Å². The molecule has 0 saturated heterocycles. The van der Waals surface area contributed by atoms with E-state index in [0.717, 1.165) is 11.3 Å². The second-order valence-electron chi connectivity index (χ2n) is 4.55. The van der Waals surface area contributed by atoms with Gasteiger partial charge in [0.15, 0.2) is 5.11 Å². The zero-order valence-corrected chi connectivity index (χ0v) is 12.4. The SMILES string of the molecule is Cc1ccc(/C=N\NC(=S)Nc2ccccc2)c(C)c1. The minimum absolute atomic E-state index is 0.470. The van der Waals surface area contributed by atoms with Gasteiger partial charge in [0.1, 0.15) is 0 Å². The van der Waals surface area contributed by atoms with E-state index < -0.39 is 0 Å². The molecule has 0 saturated carbocycles. The summed E-state index contributed by atoms with van der Waals surface area (Å²) < 4.78 is 0. The van der Waals surface area contributed by atoms with E-state index in [1.807, 2.05) is 36.4 Å². The third-order valence-corrected chi connectivity index (χ3v) is 3.02. The van der Waals surface area contributed by atoms with Crippen LogP contribution in [0.1, 0.15) is 16.7 Å². The average molecular weight is 283 g/mol. The van der Waals surface area contributed by atoms with Crippen LogP contribution in [0.4, 0.5) is 5.69 Å². The molecule has 4 heteroatoms. The second-order valence-corrected chi connectivity index (χ2v) is 4.96. The van der Waals surface area contributed by atoms with E-state index in [4.69, 9.17) is 12.2 Å². The molecule has 0 heterocycles. The maximum absolute atomic E-state index is 5.17. The van der Waals surface area contributed by atoms with Gasteiger partial charge >= 0.3 is 0 Å². The molecule has 2 aromatic rings. The van der Waals surface area contributed by atoms with Gasteiger partial charge in [-0.3, -0.25) is 5.43 Å². The number of hydrazone groups is 1. The first-order valence-corrected chi connectivity index (χ1v) is 6.78. The lowest BCUT2D eigenvalue weighted by atomic mass is 10.1. The molecule has 20 heavy (non-hydrogen) atoms. The highest BCUT2D eigenvalue weighted by molar-refractivity contribution is 7.80. The Morgan fingerprint density at radius 3 is 2.55 bits per heavy atom. The minimum atomic E-state index is 0.470. The van der Waals surface area contributed by atoms with Crippen LogP contribution in [0.15, 0.2) is 53.6 Å². The average Bonchev–Trinajstić information content (AvgIpc) is 2.42. The Morgan fingerprint density at radius 1 is 1.10 bits per heavy atom. The largest absolute Gasteiger partial charge is 0.331 e. The Kier molecular flexibility index (Phi) is 4.85. The van der Waals surface area contributed by atoms with E-state index in [-0.39, 0.29) is 0 Å². The molecule has 2 N–H and O–H groups in total. The van der Waals surface area contributed by atoms with Crippen molar-refractivity contribution in [3.05, 3.63) is 65.2 Å². The Balaban J connectivity index is 1.91. The number of benzene rings is 2. The lowest BCUT2D eigenvalue weighted by Gasteiger charge is -2.06. The summed E-state index contributed by atoms with van der Waals surface area (Å²) >= 11 is 5.17. The van der Waals surface area contributed by atoms with E-state index >= 15 is 0 Å². The van der Waals surface area contributed by atoms with E-state index in [1.54, 1.807) is 6.21 Å². The van der Waals surface area contributed by atoms with Crippen molar-refractivity contribution in [1.29, 1.82) is 0 Å². The number of para-hydroxylation sites is 1. The van der Waals surface area contributed by atoms with Crippen LogP contribution in [0.2, 0.25) is 0 Å². The maximum atomic E-state index is 5.17. The molecule has 0 aliphatic carbocycles. The van der Waals surface area contributed by atoms with Crippen molar-refractivity contribution in [2.45, 2.75) is 13.8 Å². The van der Waals surface area contributed by atoms with E-state index in [1.165, 1.54) is 11.1 Å². The summed E-state index contributed by atoms with van der Waals surface area (Å²) in [5, 5.41) is 7.68. The fourth-order valence-corrected chi connectivity index (χ4v) is 1.98. The Hall–Kier alpha value is -2.20. The number of aryl methyl sites for hydroxylation is 2. The van der Waals surface area contributed by atoms with Gasteiger partial charge in [0.2, 0.25) is 0 Å². The molecule has 0 unspecified atom stereocenters. The van der Waals surface area contributed by atoms with Crippen LogP contribution in [-0.4, -0.2) is 11.3 Å². The third kappa shape index (κ3) is 4.17. The van der Waals surface area contributed by atoms with Gasteiger partial charge in [0.05, 0.1) is 6.21 Å². The first-order chi connectivity index (χ1) is 9.65. The summed E-state index contributed by atoms with van der Waals surface area (Å²) in [7, 11) is 0. The highest BCUT2D eigenvalue weighted by Crippen LogP contribution is 2.08. The van der Waals surface area contributed by atoms with Gasteiger partial charge in [-0.05, 0) is 49.3 Å². The van der Waals surface area contributed by atoms with Crippen molar-refractivity contribution in [2.24, 2.45) is 5.10 Å². The lowest BCUT2D eigenvalue weighted by molar-refractivity contribution is 1.05. The summed E-state index contributed by atoms with van der Waals surface area (Å²) in [4.78, 5) is 0. The summed E-state index contributed by atoms with van der Waals surface area (Å²) in [5.41, 5.74) is 7.26. The van der Waals surface area contributed by atoms with Crippen LogP contribution >= 0.6 is 12.2 Å². The van der Waals surface area contributed by atoms with E-state index in [2.05, 4.69) is 41.8 Å². The smallest absolute Gasteiger partial charge is 0.191 e. The van der Waals surface area contributed by atoms with Gasteiger partial charge < -0.3 is 5.32 Å². The van der Waals surface area contributed by atoms with E-state index in [9.17, 15) is 0 Å². The maximum Gasteiger partial charge on any atom is 0.191 e. The summed E-state index contributed by atoms with van der Waals surface area (Å²) in [6.45, 7) is 4.14. The number of hydrogen-bond acceptors (Lipinski definition) is 2. The zero-order chi connectivity index (χ0) is 14.4. The van der Waals surface area contributed by atoms with Gasteiger partial charge in [-0.25, -0.2) is 0 Å².